The Morgan fingerprint density at radius 1 is 1.46 bits per heavy atom. The van der Waals surface area contributed by atoms with Gasteiger partial charge in [-0.25, -0.2) is 9.97 Å². The number of anilines is 1. The SMILES string of the molecule is C[C@H](Nc1ccncn1)C(F)(F)F. The molecular weight excluding hydrogens is 183 g/mol. The topological polar surface area (TPSA) is 37.8 Å². The molecule has 0 unspecified atom stereocenters. The van der Waals surface area contributed by atoms with Crippen LogP contribution in [-0.4, -0.2) is 22.2 Å². The van der Waals surface area contributed by atoms with E-state index in [-0.39, 0.29) is 5.82 Å². The van der Waals surface area contributed by atoms with Crippen LogP contribution in [0.25, 0.3) is 0 Å². The lowest BCUT2D eigenvalue weighted by Gasteiger charge is -2.17. The van der Waals surface area contributed by atoms with Crippen molar-refractivity contribution in [2.24, 2.45) is 0 Å². The van der Waals surface area contributed by atoms with Gasteiger partial charge in [-0.05, 0) is 13.0 Å². The Labute approximate surface area is 73.0 Å². The molecule has 0 aliphatic rings. The molecule has 0 aromatic carbocycles. The van der Waals surface area contributed by atoms with Crippen LogP contribution in [-0.2, 0) is 0 Å². The lowest BCUT2D eigenvalue weighted by atomic mass is 10.3. The minimum Gasteiger partial charge on any atom is -0.359 e. The Morgan fingerprint density at radius 3 is 2.62 bits per heavy atom. The van der Waals surface area contributed by atoms with Gasteiger partial charge in [0.05, 0.1) is 0 Å². The van der Waals surface area contributed by atoms with E-state index in [0.29, 0.717) is 0 Å². The standard InChI is InChI=1S/C7H8F3N3/c1-5(7(8,9)10)13-6-2-3-11-4-12-6/h2-5H,1H3,(H,11,12,13)/t5-/m0/s1. The molecule has 0 aliphatic carbocycles. The molecule has 0 radical (unpaired) electrons. The fraction of sp³-hybridized carbons (Fsp3) is 0.429. The number of halogens is 3. The van der Waals surface area contributed by atoms with Gasteiger partial charge < -0.3 is 5.32 Å². The number of nitrogens with one attached hydrogen (secondary N) is 1. The monoisotopic (exact) mass is 191 g/mol. The maximum absolute atomic E-state index is 12.0. The molecular formula is C7H8F3N3. The van der Waals surface area contributed by atoms with Crippen LogP contribution >= 0.6 is 0 Å². The predicted octanol–water partition coefficient (Wildman–Crippen LogP) is 1.84. The molecule has 0 saturated heterocycles. The van der Waals surface area contributed by atoms with E-state index < -0.39 is 12.2 Å². The summed E-state index contributed by atoms with van der Waals surface area (Å²) in [5, 5.41) is 2.21. The second-order valence-corrected chi connectivity index (χ2v) is 2.50. The number of hydrogen-bond donors (Lipinski definition) is 1. The van der Waals surface area contributed by atoms with E-state index in [1.54, 1.807) is 0 Å². The third-order valence-electron chi connectivity index (χ3n) is 1.44. The van der Waals surface area contributed by atoms with E-state index in [1.165, 1.54) is 18.6 Å². The van der Waals surface area contributed by atoms with E-state index in [2.05, 4.69) is 15.3 Å². The van der Waals surface area contributed by atoms with Crippen LogP contribution in [0.2, 0.25) is 0 Å². The fourth-order valence-corrected chi connectivity index (χ4v) is 0.680. The van der Waals surface area contributed by atoms with Gasteiger partial charge in [0.25, 0.3) is 0 Å². The van der Waals surface area contributed by atoms with Crippen molar-refractivity contribution in [1.82, 2.24) is 9.97 Å². The largest absolute Gasteiger partial charge is 0.408 e. The number of rotatable bonds is 2. The van der Waals surface area contributed by atoms with E-state index >= 15 is 0 Å². The van der Waals surface area contributed by atoms with Gasteiger partial charge in [-0.1, -0.05) is 0 Å². The van der Waals surface area contributed by atoms with Crippen molar-refractivity contribution in [2.45, 2.75) is 19.1 Å². The molecule has 0 bridgehead atoms. The molecule has 6 heteroatoms. The van der Waals surface area contributed by atoms with E-state index in [4.69, 9.17) is 0 Å². The first kappa shape index (κ1) is 9.76. The summed E-state index contributed by atoms with van der Waals surface area (Å²) in [4.78, 5) is 7.19. The molecule has 13 heavy (non-hydrogen) atoms. The highest BCUT2D eigenvalue weighted by Gasteiger charge is 2.35. The van der Waals surface area contributed by atoms with Gasteiger partial charge in [-0.15, -0.1) is 0 Å². The van der Waals surface area contributed by atoms with Gasteiger partial charge in [0, 0.05) is 6.20 Å². The van der Waals surface area contributed by atoms with Crippen molar-refractivity contribution in [3.05, 3.63) is 18.6 Å². The summed E-state index contributed by atoms with van der Waals surface area (Å²) in [5.74, 6) is 0.167. The van der Waals surface area contributed by atoms with Gasteiger partial charge in [0.1, 0.15) is 18.2 Å². The molecule has 1 rings (SSSR count). The molecule has 3 nitrogen and oxygen atoms in total. The maximum Gasteiger partial charge on any atom is 0.408 e. The van der Waals surface area contributed by atoms with Gasteiger partial charge in [0.15, 0.2) is 0 Å². The number of alkyl halides is 3. The van der Waals surface area contributed by atoms with Crippen LogP contribution in [0.4, 0.5) is 19.0 Å². The van der Waals surface area contributed by atoms with Crippen molar-refractivity contribution in [3.8, 4) is 0 Å². The Bertz CT molecular complexity index is 259. The molecule has 0 saturated carbocycles. The van der Waals surface area contributed by atoms with Crippen molar-refractivity contribution in [2.75, 3.05) is 5.32 Å². The van der Waals surface area contributed by atoms with Crippen LogP contribution in [0.3, 0.4) is 0 Å². The number of hydrogen-bond acceptors (Lipinski definition) is 3. The lowest BCUT2D eigenvalue weighted by Crippen LogP contribution is -2.33. The first-order valence-electron chi connectivity index (χ1n) is 3.59. The summed E-state index contributed by atoms with van der Waals surface area (Å²) in [5.41, 5.74) is 0. The first-order chi connectivity index (χ1) is 6.00. The van der Waals surface area contributed by atoms with Crippen molar-refractivity contribution >= 4 is 5.82 Å². The molecule has 1 N–H and O–H groups in total. The zero-order valence-electron chi connectivity index (χ0n) is 6.84. The summed E-state index contributed by atoms with van der Waals surface area (Å²) in [6.45, 7) is 1.03. The van der Waals surface area contributed by atoms with E-state index in [9.17, 15) is 13.2 Å². The molecule has 0 fully saturated rings. The van der Waals surface area contributed by atoms with E-state index in [1.807, 2.05) is 0 Å². The average Bonchev–Trinajstić information content (AvgIpc) is 2.04. The summed E-state index contributed by atoms with van der Waals surface area (Å²) in [6, 6.07) is -0.232. The van der Waals surface area contributed by atoms with Gasteiger partial charge >= 0.3 is 6.18 Å². The quantitative estimate of drug-likeness (QED) is 0.775. The summed E-state index contributed by atoms with van der Waals surface area (Å²) >= 11 is 0. The number of nitrogens with zero attached hydrogens (tertiary/aromatic N) is 2. The van der Waals surface area contributed by atoms with Crippen LogP contribution in [0, 0.1) is 0 Å². The predicted molar refractivity (Wildman–Crippen MR) is 41.2 cm³/mol. The Kier molecular flexibility index (Phi) is 2.69. The highest BCUT2D eigenvalue weighted by atomic mass is 19.4. The van der Waals surface area contributed by atoms with E-state index in [0.717, 1.165) is 6.92 Å². The van der Waals surface area contributed by atoms with Crippen LogP contribution in [0.5, 0.6) is 0 Å². The highest BCUT2D eigenvalue weighted by Crippen LogP contribution is 2.21. The zero-order chi connectivity index (χ0) is 9.90. The molecule has 72 valence electrons. The van der Waals surface area contributed by atoms with Crippen LogP contribution < -0.4 is 5.32 Å². The maximum atomic E-state index is 12.0. The Hall–Kier alpha value is -1.33. The lowest BCUT2D eigenvalue weighted by molar-refractivity contribution is -0.138. The molecule has 0 spiro atoms. The molecule has 1 heterocycles. The zero-order valence-corrected chi connectivity index (χ0v) is 6.84. The fourth-order valence-electron chi connectivity index (χ4n) is 0.680. The minimum atomic E-state index is -4.26. The number of aromatic nitrogens is 2. The molecule has 0 aliphatic heterocycles. The summed E-state index contributed by atoms with van der Waals surface area (Å²) < 4.78 is 36.1. The minimum absolute atomic E-state index is 0.167. The first-order valence-corrected chi connectivity index (χ1v) is 3.59. The Morgan fingerprint density at radius 2 is 2.15 bits per heavy atom. The highest BCUT2D eigenvalue weighted by molar-refractivity contribution is 5.33. The van der Waals surface area contributed by atoms with Crippen molar-refractivity contribution < 1.29 is 13.2 Å². The average molecular weight is 191 g/mol. The van der Waals surface area contributed by atoms with Crippen molar-refractivity contribution in [3.63, 3.8) is 0 Å². The third-order valence-corrected chi connectivity index (χ3v) is 1.44. The molecule has 1 atom stereocenters. The molecule has 1 aromatic heterocycles. The van der Waals surface area contributed by atoms with Crippen LogP contribution in [0.1, 0.15) is 6.92 Å². The second-order valence-electron chi connectivity index (χ2n) is 2.50. The van der Waals surface area contributed by atoms with Gasteiger partial charge in [0.2, 0.25) is 0 Å². The van der Waals surface area contributed by atoms with Gasteiger partial charge in [-0.3, -0.25) is 0 Å². The molecule has 0 amide bonds. The smallest absolute Gasteiger partial charge is 0.359 e. The van der Waals surface area contributed by atoms with Crippen LogP contribution in [0.15, 0.2) is 18.6 Å². The third kappa shape index (κ3) is 2.89. The molecule has 1 aromatic rings. The van der Waals surface area contributed by atoms with Gasteiger partial charge in [-0.2, -0.15) is 13.2 Å². The van der Waals surface area contributed by atoms with Crippen molar-refractivity contribution in [1.29, 1.82) is 0 Å². The summed E-state index contributed by atoms with van der Waals surface area (Å²) in [7, 11) is 0. The normalized spacial score (nSPS) is 13.8. The summed E-state index contributed by atoms with van der Waals surface area (Å²) in [6.07, 6.45) is -1.70. The Balaban J connectivity index is 2.61. The second kappa shape index (κ2) is 3.59.